The third kappa shape index (κ3) is 5.84. The van der Waals surface area contributed by atoms with E-state index in [-0.39, 0.29) is 16.7 Å². The van der Waals surface area contributed by atoms with Crippen LogP contribution < -0.4 is 5.32 Å². The molecule has 0 bridgehead atoms. The molecule has 0 spiro atoms. The number of anilines is 1. The third-order valence-electron chi connectivity index (χ3n) is 5.08. The Kier molecular flexibility index (Phi) is 7.21. The van der Waals surface area contributed by atoms with Crippen LogP contribution in [0.15, 0.2) is 53.7 Å². The van der Waals surface area contributed by atoms with Crippen molar-refractivity contribution in [3.8, 4) is 0 Å². The second-order valence-electron chi connectivity index (χ2n) is 7.41. The van der Waals surface area contributed by atoms with Crippen LogP contribution in [0.4, 0.5) is 10.1 Å². The zero-order chi connectivity index (χ0) is 21.6. The predicted molar refractivity (Wildman–Crippen MR) is 121 cm³/mol. The molecule has 0 aliphatic carbocycles. The molecule has 2 heterocycles. The van der Waals surface area contributed by atoms with Crippen molar-refractivity contribution in [1.82, 2.24) is 19.7 Å². The molecule has 0 saturated carbocycles. The minimum Gasteiger partial charge on any atom is -0.324 e. The van der Waals surface area contributed by atoms with E-state index in [1.165, 1.54) is 42.8 Å². The van der Waals surface area contributed by atoms with Crippen LogP contribution in [0, 0.1) is 5.82 Å². The first kappa shape index (κ1) is 21.8. The van der Waals surface area contributed by atoms with E-state index in [2.05, 4.69) is 37.1 Å². The summed E-state index contributed by atoms with van der Waals surface area (Å²) in [6.07, 6.45) is 2.42. The maximum Gasteiger partial charge on any atom is 0.234 e. The molecule has 31 heavy (non-hydrogen) atoms. The number of thioether (sulfide) groups is 1. The molecule has 162 valence electrons. The van der Waals surface area contributed by atoms with Gasteiger partial charge in [-0.2, -0.15) is 0 Å². The summed E-state index contributed by atoms with van der Waals surface area (Å²) in [5.74, 6) is 0.352. The number of nitrogens with zero attached hydrogens (tertiary/aromatic N) is 4. The SMILES string of the molecule is O=C(CSc1nnc(CN2CCCC2)n1Cc1ccccc1)Nc1ccc(F)cc1Cl. The molecule has 0 atom stereocenters. The van der Waals surface area contributed by atoms with Gasteiger partial charge < -0.3 is 9.88 Å². The molecule has 0 unspecified atom stereocenters. The van der Waals surface area contributed by atoms with E-state index in [9.17, 15) is 9.18 Å². The average molecular weight is 460 g/mol. The number of hydrogen-bond acceptors (Lipinski definition) is 5. The molecule has 4 rings (SSSR count). The molecule has 2 aromatic carbocycles. The summed E-state index contributed by atoms with van der Waals surface area (Å²) in [5.41, 5.74) is 1.53. The Hall–Kier alpha value is -2.42. The number of carbonyl (C=O) groups is 1. The molecule has 1 aliphatic heterocycles. The molecule has 1 N–H and O–H groups in total. The molecule has 3 aromatic rings. The van der Waals surface area contributed by atoms with Gasteiger partial charge >= 0.3 is 0 Å². The Morgan fingerprint density at radius 1 is 1.10 bits per heavy atom. The van der Waals surface area contributed by atoms with Gasteiger partial charge in [0.1, 0.15) is 11.6 Å². The number of amides is 1. The fraction of sp³-hybridized carbons (Fsp3) is 0.318. The highest BCUT2D eigenvalue weighted by molar-refractivity contribution is 7.99. The lowest BCUT2D eigenvalue weighted by molar-refractivity contribution is -0.113. The van der Waals surface area contributed by atoms with Crippen LogP contribution in [-0.2, 0) is 17.9 Å². The molecule has 0 radical (unpaired) electrons. The third-order valence-corrected chi connectivity index (χ3v) is 6.36. The molecule has 6 nitrogen and oxygen atoms in total. The minimum absolute atomic E-state index is 0.143. The van der Waals surface area contributed by atoms with Crippen molar-refractivity contribution in [3.63, 3.8) is 0 Å². The van der Waals surface area contributed by atoms with Crippen LogP contribution in [0.25, 0.3) is 0 Å². The Bertz CT molecular complexity index is 1040. The van der Waals surface area contributed by atoms with E-state index in [1.54, 1.807) is 0 Å². The second-order valence-corrected chi connectivity index (χ2v) is 8.76. The molecular formula is C22H23ClFN5OS. The number of halogens is 2. The number of aromatic nitrogens is 3. The molecule has 1 fully saturated rings. The highest BCUT2D eigenvalue weighted by Gasteiger charge is 2.19. The van der Waals surface area contributed by atoms with Gasteiger partial charge in [-0.05, 0) is 49.7 Å². The molecular weight excluding hydrogens is 437 g/mol. The van der Waals surface area contributed by atoms with E-state index >= 15 is 0 Å². The first-order valence-corrected chi connectivity index (χ1v) is 11.5. The minimum atomic E-state index is -0.447. The lowest BCUT2D eigenvalue weighted by Crippen LogP contribution is -2.22. The maximum atomic E-state index is 13.2. The molecule has 1 aliphatic rings. The zero-order valence-electron chi connectivity index (χ0n) is 16.9. The van der Waals surface area contributed by atoms with Gasteiger partial charge in [0.2, 0.25) is 5.91 Å². The largest absolute Gasteiger partial charge is 0.324 e. The molecule has 9 heteroatoms. The number of rotatable bonds is 8. The van der Waals surface area contributed by atoms with E-state index < -0.39 is 5.82 Å². The lowest BCUT2D eigenvalue weighted by atomic mass is 10.2. The van der Waals surface area contributed by atoms with Gasteiger partial charge in [0.25, 0.3) is 0 Å². The smallest absolute Gasteiger partial charge is 0.234 e. The van der Waals surface area contributed by atoms with Crippen LogP contribution in [-0.4, -0.2) is 44.4 Å². The van der Waals surface area contributed by atoms with Gasteiger partial charge in [-0.1, -0.05) is 53.7 Å². The normalized spacial score (nSPS) is 14.1. The maximum absolute atomic E-state index is 13.2. The Morgan fingerprint density at radius 2 is 1.87 bits per heavy atom. The standard InChI is InChI=1S/C22H23ClFN5OS/c23-18-12-17(24)8-9-19(18)25-21(30)15-31-22-27-26-20(14-28-10-4-5-11-28)29(22)13-16-6-2-1-3-7-16/h1-3,6-9,12H,4-5,10-11,13-15H2,(H,25,30). The van der Waals surface area contributed by atoms with Gasteiger partial charge in [0.15, 0.2) is 5.16 Å². The van der Waals surface area contributed by atoms with E-state index in [4.69, 9.17) is 11.6 Å². The van der Waals surface area contributed by atoms with Gasteiger partial charge in [-0.15, -0.1) is 10.2 Å². The highest BCUT2D eigenvalue weighted by Crippen LogP contribution is 2.24. The van der Waals surface area contributed by atoms with Crippen molar-refractivity contribution < 1.29 is 9.18 Å². The van der Waals surface area contributed by atoms with Crippen LogP contribution in [0.2, 0.25) is 5.02 Å². The Labute approximate surface area is 189 Å². The van der Waals surface area contributed by atoms with Crippen molar-refractivity contribution >= 4 is 35.0 Å². The summed E-state index contributed by atoms with van der Waals surface area (Å²) in [4.78, 5) is 14.8. The number of likely N-dealkylation sites (tertiary alicyclic amines) is 1. The Balaban J connectivity index is 1.46. The van der Waals surface area contributed by atoms with E-state index in [1.807, 2.05) is 18.2 Å². The lowest BCUT2D eigenvalue weighted by Gasteiger charge is -2.16. The monoisotopic (exact) mass is 459 g/mol. The first-order chi connectivity index (χ1) is 15.1. The van der Waals surface area contributed by atoms with Crippen LogP contribution >= 0.6 is 23.4 Å². The van der Waals surface area contributed by atoms with Gasteiger partial charge in [-0.3, -0.25) is 9.69 Å². The summed E-state index contributed by atoms with van der Waals surface area (Å²) < 4.78 is 15.3. The predicted octanol–water partition coefficient (Wildman–Crippen LogP) is 4.45. The molecule has 1 aromatic heterocycles. The molecule has 1 amide bonds. The van der Waals surface area contributed by atoms with Crippen LogP contribution in [0.1, 0.15) is 24.2 Å². The van der Waals surface area contributed by atoms with Gasteiger partial charge in [0, 0.05) is 0 Å². The fourth-order valence-electron chi connectivity index (χ4n) is 3.52. The van der Waals surface area contributed by atoms with E-state index in [0.717, 1.165) is 31.0 Å². The molecule has 1 saturated heterocycles. The topological polar surface area (TPSA) is 63.1 Å². The van der Waals surface area contributed by atoms with Crippen molar-refractivity contribution in [3.05, 3.63) is 70.8 Å². The van der Waals surface area contributed by atoms with Crippen molar-refractivity contribution in [2.24, 2.45) is 0 Å². The average Bonchev–Trinajstić information content (AvgIpc) is 3.40. The van der Waals surface area contributed by atoms with Crippen LogP contribution in [0.3, 0.4) is 0 Å². The van der Waals surface area contributed by atoms with Crippen LogP contribution in [0.5, 0.6) is 0 Å². The summed E-state index contributed by atoms with van der Waals surface area (Å²) in [7, 11) is 0. The number of hydrogen-bond donors (Lipinski definition) is 1. The Morgan fingerprint density at radius 3 is 2.61 bits per heavy atom. The number of carbonyl (C=O) groups excluding carboxylic acids is 1. The summed E-state index contributed by atoms with van der Waals surface area (Å²) in [6, 6.07) is 14.0. The van der Waals surface area contributed by atoms with Gasteiger partial charge in [-0.25, -0.2) is 4.39 Å². The summed E-state index contributed by atoms with van der Waals surface area (Å²) >= 11 is 7.32. The summed E-state index contributed by atoms with van der Waals surface area (Å²) in [6.45, 7) is 3.53. The van der Waals surface area contributed by atoms with E-state index in [0.29, 0.717) is 17.4 Å². The van der Waals surface area contributed by atoms with Crippen molar-refractivity contribution in [2.45, 2.75) is 31.1 Å². The fourth-order valence-corrected chi connectivity index (χ4v) is 4.49. The zero-order valence-corrected chi connectivity index (χ0v) is 18.5. The van der Waals surface area contributed by atoms with Crippen molar-refractivity contribution in [1.29, 1.82) is 0 Å². The number of nitrogens with one attached hydrogen (secondary N) is 1. The van der Waals surface area contributed by atoms with Crippen molar-refractivity contribution in [2.75, 3.05) is 24.2 Å². The number of benzene rings is 2. The van der Waals surface area contributed by atoms with Gasteiger partial charge in [0.05, 0.1) is 29.6 Å². The summed E-state index contributed by atoms with van der Waals surface area (Å²) in [5, 5.41) is 12.4. The second kappa shape index (κ2) is 10.3. The quantitative estimate of drug-likeness (QED) is 0.504. The highest BCUT2D eigenvalue weighted by atomic mass is 35.5. The first-order valence-electron chi connectivity index (χ1n) is 10.1.